The van der Waals surface area contributed by atoms with E-state index in [9.17, 15) is 4.79 Å². The molecular formula is C12H16ClNO3. The predicted octanol–water partition coefficient (Wildman–Crippen LogP) is 2.49. The van der Waals surface area contributed by atoms with E-state index in [1.807, 2.05) is 13.0 Å². The van der Waals surface area contributed by atoms with Gasteiger partial charge in [0.05, 0.1) is 0 Å². The van der Waals surface area contributed by atoms with Gasteiger partial charge in [0.2, 0.25) is 0 Å². The Balaban J connectivity index is 2.89. The molecular weight excluding hydrogens is 242 g/mol. The Morgan fingerprint density at radius 1 is 1.53 bits per heavy atom. The number of halogens is 1. The highest BCUT2D eigenvalue weighted by Gasteiger charge is 2.20. The Morgan fingerprint density at radius 3 is 2.71 bits per heavy atom. The maximum Gasteiger partial charge on any atom is 0.405 e. The van der Waals surface area contributed by atoms with Gasteiger partial charge < -0.3 is 15.6 Å². The van der Waals surface area contributed by atoms with Gasteiger partial charge >= 0.3 is 6.09 Å². The highest BCUT2D eigenvalue weighted by atomic mass is 35.5. The summed E-state index contributed by atoms with van der Waals surface area (Å²) in [4.78, 5) is 10.9. The smallest absolute Gasteiger partial charge is 0.405 e. The van der Waals surface area contributed by atoms with Gasteiger partial charge in [0, 0.05) is 17.2 Å². The summed E-state index contributed by atoms with van der Waals surface area (Å²) in [7, 11) is 0. The summed E-state index contributed by atoms with van der Waals surface area (Å²) in [6.45, 7) is 1.87. The van der Waals surface area contributed by atoms with Crippen molar-refractivity contribution in [1.82, 2.24) is 0 Å². The summed E-state index contributed by atoms with van der Waals surface area (Å²) >= 11 is 6.03. The quantitative estimate of drug-likeness (QED) is 0.851. The van der Waals surface area contributed by atoms with Gasteiger partial charge in [0.1, 0.15) is 6.10 Å². The van der Waals surface area contributed by atoms with Gasteiger partial charge in [-0.3, -0.25) is 0 Å². The Bertz CT molecular complexity index is 384. The van der Waals surface area contributed by atoms with E-state index in [4.69, 9.17) is 27.2 Å². The number of ether oxygens (including phenoxy) is 1. The van der Waals surface area contributed by atoms with Gasteiger partial charge in [-0.05, 0) is 18.4 Å². The molecule has 0 aromatic heterocycles. The third-order valence-electron chi connectivity index (χ3n) is 2.44. The first-order valence-electron chi connectivity index (χ1n) is 5.36. The number of primary amides is 1. The number of hydrogen-bond donors (Lipinski definition) is 2. The first kappa shape index (κ1) is 13.8. The van der Waals surface area contributed by atoms with Crippen LogP contribution < -0.4 is 5.73 Å². The lowest BCUT2D eigenvalue weighted by atomic mass is 9.98. The average Bonchev–Trinajstić information content (AvgIpc) is 2.28. The molecule has 1 aromatic carbocycles. The van der Waals surface area contributed by atoms with Crippen LogP contribution in [0.1, 0.15) is 25.0 Å². The summed E-state index contributed by atoms with van der Waals surface area (Å²) in [6.07, 6.45) is -0.896. The van der Waals surface area contributed by atoms with Crippen molar-refractivity contribution in [3.63, 3.8) is 0 Å². The van der Waals surface area contributed by atoms with Crippen molar-refractivity contribution in [2.24, 2.45) is 11.7 Å². The molecule has 0 saturated heterocycles. The molecule has 0 radical (unpaired) electrons. The van der Waals surface area contributed by atoms with Crippen molar-refractivity contribution in [3.05, 3.63) is 34.9 Å². The SMILES string of the molecule is C[C@H](CO)C[C@H](OC(N)=O)c1ccccc1Cl. The van der Waals surface area contributed by atoms with E-state index in [-0.39, 0.29) is 12.5 Å². The van der Waals surface area contributed by atoms with Gasteiger partial charge in [-0.25, -0.2) is 4.79 Å². The summed E-state index contributed by atoms with van der Waals surface area (Å²) in [5, 5.41) is 9.55. The molecule has 0 bridgehead atoms. The number of rotatable bonds is 5. The molecule has 17 heavy (non-hydrogen) atoms. The minimum atomic E-state index is -0.847. The van der Waals surface area contributed by atoms with Crippen LogP contribution in [0.2, 0.25) is 5.02 Å². The number of carbonyl (C=O) groups is 1. The van der Waals surface area contributed by atoms with Crippen LogP contribution in [0.25, 0.3) is 0 Å². The van der Waals surface area contributed by atoms with Crippen molar-refractivity contribution in [2.45, 2.75) is 19.4 Å². The molecule has 0 aliphatic carbocycles. The zero-order valence-electron chi connectivity index (χ0n) is 9.60. The lowest BCUT2D eigenvalue weighted by Crippen LogP contribution is -2.20. The zero-order chi connectivity index (χ0) is 12.8. The van der Waals surface area contributed by atoms with Crippen LogP contribution in [0.3, 0.4) is 0 Å². The third kappa shape index (κ3) is 4.24. The Kier molecular flexibility index (Phi) is 5.25. The van der Waals surface area contributed by atoms with Crippen LogP contribution in [0.15, 0.2) is 24.3 Å². The van der Waals surface area contributed by atoms with E-state index in [2.05, 4.69) is 0 Å². The Hall–Kier alpha value is -1.26. The standard InChI is InChI=1S/C12H16ClNO3/c1-8(7-15)6-11(17-12(14)16)9-4-2-3-5-10(9)13/h2-5,8,11,15H,6-7H2,1H3,(H2,14,16)/t8-,11-/m0/s1. The fraction of sp³-hybridized carbons (Fsp3) is 0.417. The molecule has 0 aliphatic heterocycles. The first-order valence-corrected chi connectivity index (χ1v) is 5.73. The van der Waals surface area contributed by atoms with E-state index >= 15 is 0 Å². The highest BCUT2D eigenvalue weighted by molar-refractivity contribution is 6.31. The summed E-state index contributed by atoms with van der Waals surface area (Å²) < 4.78 is 5.03. The largest absolute Gasteiger partial charge is 0.441 e. The van der Waals surface area contributed by atoms with Crippen LogP contribution >= 0.6 is 11.6 Å². The summed E-state index contributed by atoms with van der Waals surface area (Å²) in [5.74, 6) is -0.00405. The fourth-order valence-electron chi connectivity index (χ4n) is 1.55. The van der Waals surface area contributed by atoms with Crippen molar-refractivity contribution in [3.8, 4) is 0 Å². The summed E-state index contributed by atoms with van der Waals surface area (Å²) in [5.41, 5.74) is 5.73. The van der Waals surface area contributed by atoms with Gasteiger partial charge in [0.15, 0.2) is 0 Å². The normalized spacial score (nSPS) is 14.1. The maximum atomic E-state index is 10.9. The van der Waals surface area contributed by atoms with Crippen LogP contribution in [0, 0.1) is 5.92 Å². The average molecular weight is 258 g/mol. The van der Waals surface area contributed by atoms with E-state index in [0.717, 1.165) is 0 Å². The second-order valence-electron chi connectivity index (χ2n) is 3.97. The van der Waals surface area contributed by atoms with Crippen LogP contribution in [-0.4, -0.2) is 17.8 Å². The molecule has 0 unspecified atom stereocenters. The Labute approximate surface area is 105 Å². The number of aliphatic hydroxyl groups excluding tert-OH is 1. The van der Waals surface area contributed by atoms with Gasteiger partial charge in [-0.2, -0.15) is 0 Å². The van der Waals surface area contributed by atoms with E-state index in [0.29, 0.717) is 17.0 Å². The molecule has 4 nitrogen and oxygen atoms in total. The molecule has 0 aliphatic rings. The van der Waals surface area contributed by atoms with Crippen molar-refractivity contribution in [1.29, 1.82) is 0 Å². The zero-order valence-corrected chi connectivity index (χ0v) is 10.4. The van der Waals surface area contributed by atoms with Crippen LogP contribution in [0.4, 0.5) is 4.79 Å². The van der Waals surface area contributed by atoms with E-state index < -0.39 is 12.2 Å². The Morgan fingerprint density at radius 2 is 2.18 bits per heavy atom. The van der Waals surface area contributed by atoms with Crippen LogP contribution in [-0.2, 0) is 4.74 Å². The lowest BCUT2D eigenvalue weighted by Gasteiger charge is -2.20. The number of aliphatic hydroxyl groups is 1. The molecule has 1 aromatic rings. The number of hydrogen-bond acceptors (Lipinski definition) is 3. The van der Waals surface area contributed by atoms with Crippen LogP contribution in [0.5, 0.6) is 0 Å². The number of nitrogens with two attached hydrogens (primary N) is 1. The topological polar surface area (TPSA) is 72.6 Å². The van der Waals surface area contributed by atoms with E-state index in [1.54, 1.807) is 18.2 Å². The highest BCUT2D eigenvalue weighted by Crippen LogP contribution is 2.30. The predicted molar refractivity (Wildman–Crippen MR) is 65.7 cm³/mol. The maximum absolute atomic E-state index is 10.9. The van der Waals surface area contributed by atoms with E-state index in [1.165, 1.54) is 0 Å². The number of carbonyl (C=O) groups excluding carboxylic acids is 1. The third-order valence-corrected chi connectivity index (χ3v) is 2.78. The monoisotopic (exact) mass is 257 g/mol. The summed E-state index contributed by atoms with van der Waals surface area (Å²) in [6, 6.07) is 7.10. The molecule has 0 saturated carbocycles. The first-order chi connectivity index (χ1) is 8.04. The van der Waals surface area contributed by atoms with Gasteiger partial charge in [-0.15, -0.1) is 0 Å². The molecule has 2 atom stereocenters. The molecule has 5 heteroatoms. The molecule has 0 spiro atoms. The molecule has 3 N–H and O–H groups in total. The molecule has 1 amide bonds. The van der Waals surface area contributed by atoms with Crippen molar-refractivity contribution in [2.75, 3.05) is 6.61 Å². The van der Waals surface area contributed by atoms with Gasteiger partial charge in [-0.1, -0.05) is 36.7 Å². The number of benzene rings is 1. The second kappa shape index (κ2) is 6.47. The molecule has 94 valence electrons. The molecule has 0 fully saturated rings. The minimum Gasteiger partial charge on any atom is -0.441 e. The molecule has 1 rings (SSSR count). The van der Waals surface area contributed by atoms with Gasteiger partial charge in [0.25, 0.3) is 0 Å². The minimum absolute atomic E-state index is 0.00405. The number of amides is 1. The second-order valence-corrected chi connectivity index (χ2v) is 4.38. The lowest BCUT2D eigenvalue weighted by molar-refractivity contribution is 0.0821. The fourth-order valence-corrected chi connectivity index (χ4v) is 1.81. The van der Waals surface area contributed by atoms with Crippen molar-refractivity contribution >= 4 is 17.7 Å². The molecule has 0 heterocycles. The van der Waals surface area contributed by atoms with Crippen molar-refractivity contribution < 1.29 is 14.6 Å².